The highest BCUT2D eigenvalue weighted by Gasteiger charge is 2.53. The Morgan fingerprint density at radius 2 is 2.22 bits per heavy atom. The van der Waals surface area contributed by atoms with E-state index >= 15 is 0 Å². The molecule has 1 N–H and O–H groups in total. The summed E-state index contributed by atoms with van der Waals surface area (Å²) in [6, 6.07) is 3.90. The Bertz CT molecular complexity index is 850. The lowest BCUT2D eigenvalue weighted by Gasteiger charge is -2.43. The van der Waals surface area contributed by atoms with Gasteiger partial charge in [-0.25, -0.2) is 17.5 Å². The smallest absolute Gasteiger partial charge is 0.158 e. The summed E-state index contributed by atoms with van der Waals surface area (Å²) < 4.78 is 37.2. The van der Waals surface area contributed by atoms with Gasteiger partial charge < -0.3 is 5.32 Å². The van der Waals surface area contributed by atoms with Crippen LogP contribution in [0.4, 0.5) is 4.39 Å². The first-order chi connectivity index (χ1) is 10.7. The van der Waals surface area contributed by atoms with E-state index in [9.17, 15) is 12.8 Å². The molecule has 0 bridgehead atoms. The standard InChI is InChI=1S/C14H16ClFN4O2S/c1-14(2)13(8-23(14,21)22)17-6-10-7-20(19-18-10)12-4-3-9(16)5-11(12)15/h3-5,7,13,17H,6,8H2,1-2H3/t13-/m0/s1. The number of hydrogen-bond acceptors (Lipinski definition) is 5. The number of aromatic nitrogens is 3. The van der Waals surface area contributed by atoms with Crippen molar-refractivity contribution in [2.45, 2.75) is 31.2 Å². The van der Waals surface area contributed by atoms with E-state index in [-0.39, 0.29) is 16.8 Å². The molecule has 1 aliphatic heterocycles. The molecule has 3 rings (SSSR count). The molecule has 2 heterocycles. The van der Waals surface area contributed by atoms with Gasteiger partial charge in [0.15, 0.2) is 9.84 Å². The van der Waals surface area contributed by atoms with Gasteiger partial charge >= 0.3 is 0 Å². The largest absolute Gasteiger partial charge is 0.306 e. The minimum absolute atomic E-state index is 0.118. The molecule has 0 radical (unpaired) electrons. The molecule has 6 nitrogen and oxygen atoms in total. The maximum absolute atomic E-state index is 13.1. The SMILES string of the molecule is CC1(C)[C@@H](NCc2cn(-c3ccc(F)cc3Cl)nn2)CS1(=O)=O. The summed E-state index contributed by atoms with van der Waals surface area (Å²) in [5.41, 5.74) is 1.17. The molecule has 0 amide bonds. The van der Waals surface area contributed by atoms with E-state index in [1.54, 1.807) is 20.0 Å². The lowest BCUT2D eigenvalue weighted by Crippen LogP contribution is -2.65. The normalized spacial score (nSPS) is 21.8. The molecule has 0 saturated carbocycles. The number of nitrogens with one attached hydrogen (secondary N) is 1. The molecular weight excluding hydrogens is 343 g/mol. The van der Waals surface area contributed by atoms with Crippen molar-refractivity contribution >= 4 is 21.4 Å². The fraction of sp³-hybridized carbons (Fsp3) is 0.429. The van der Waals surface area contributed by atoms with Crippen molar-refractivity contribution in [2.75, 3.05) is 5.75 Å². The van der Waals surface area contributed by atoms with Crippen molar-refractivity contribution in [3.05, 3.63) is 40.9 Å². The van der Waals surface area contributed by atoms with Gasteiger partial charge in [0.05, 0.1) is 33.1 Å². The van der Waals surface area contributed by atoms with E-state index in [0.717, 1.165) is 0 Å². The maximum Gasteiger partial charge on any atom is 0.158 e. The first kappa shape index (κ1) is 16.4. The van der Waals surface area contributed by atoms with Crippen LogP contribution in [0.25, 0.3) is 5.69 Å². The Morgan fingerprint density at radius 3 is 2.83 bits per heavy atom. The van der Waals surface area contributed by atoms with E-state index < -0.39 is 20.4 Å². The van der Waals surface area contributed by atoms with Crippen molar-refractivity contribution in [1.82, 2.24) is 20.3 Å². The summed E-state index contributed by atoms with van der Waals surface area (Å²) in [5, 5.41) is 11.4. The van der Waals surface area contributed by atoms with Crippen LogP contribution in [0, 0.1) is 5.82 Å². The number of sulfone groups is 1. The molecule has 1 fully saturated rings. The minimum Gasteiger partial charge on any atom is -0.306 e. The van der Waals surface area contributed by atoms with E-state index in [1.165, 1.54) is 22.9 Å². The van der Waals surface area contributed by atoms with Crippen LogP contribution in [-0.4, -0.2) is 40.0 Å². The van der Waals surface area contributed by atoms with Gasteiger partial charge in [-0.05, 0) is 32.0 Å². The molecule has 1 aliphatic rings. The van der Waals surface area contributed by atoms with Crippen LogP contribution >= 0.6 is 11.6 Å². The predicted octanol–water partition coefficient (Wildman–Crippen LogP) is 1.72. The average Bonchev–Trinajstić information content (AvgIpc) is 2.91. The van der Waals surface area contributed by atoms with Gasteiger partial charge in [-0.1, -0.05) is 16.8 Å². The van der Waals surface area contributed by atoms with E-state index in [1.807, 2.05) is 0 Å². The van der Waals surface area contributed by atoms with E-state index in [4.69, 9.17) is 11.6 Å². The Labute approximate surface area is 138 Å². The lowest BCUT2D eigenvalue weighted by molar-refractivity contribution is 0.383. The second kappa shape index (κ2) is 5.54. The van der Waals surface area contributed by atoms with Gasteiger partial charge in [0.1, 0.15) is 5.82 Å². The molecule has 1 saturated heterocycles. The number of benzene rings is 1. The fourth-order valence-electron chi connectivity index (χ4n) is 2.45. The number of nitrogens with zero attached hydrogens (tertiary/aromatic N) is 3. The van der Waals surface area contributed by atoms with Gasteiger partial charge in [0.2, 0.25) is 0 Å². The highest BCUT2D eigenvalue weighted by Crippen LogP contribution is 2.33. The fourth-order valence-corrected chi connectivity index (χ4v) is 4.41. The zero-order chi connectivity index (χ0) is 16.8. The summed E-state index contributed by atoms with van der Waals surface area (Å²) in [6.07, 6.45) is 1.67. The van der Waals surface area contributed by atoms with Crippen LogP contribution < -0.4 is 5.32 Å². The van der Waals surface area contributed by atoms with Crippen LogP contribution in [0.3, 0.4) is 0 Å². The minimum atomic E-state index is -3.02. The topological polar surface area (TPSA) is 76.9 Å². The second-order valence-electron chi connectivity index (χ2n) is 6.07. The van der Waals surface area contributed by atoms with Crippen molar-refractivity contribution in [1.29, 1.82) is 0 Å². The number of rotatable bonds is 4. The Hall–Kier alpha value is -1.51. The van der Waals surface area contributed by atoms with Crippen molar-refractivity contribution in [2.24, 2.45) is 0 Å². The highest BCUT2D eigenvalue weighted by molar-refractivity contribution is 7.94. The number of hydrogen-bond donors (Lipinski definition) is 1. The predicted molar refractivity (Wildman–Crippen MR) is 84.8 cm³/mol. The summed E-state index contributed by atoms with van der Waals surface area (Å²) in [7, 11) is -3.02. The summed E-state index contributed by atoms with van der Waals surface area (Å²) in [6.45, 7) is 3.81. The van der Waals surface area contributed by atoms with Gasteiger partial charge in [-0.3, -0.25) is 0 Å². The molecule has 23 heavy (non-hydrogen) atoms. The Morgan fingerprint density at radius 1 is 1.48 bits per heavy atom. The van der Waals surface area contributed by atoms with Crippen LogP contribution in [-0.2, 0) is 16.4 Å². The van der Waals surface area contributed by atoms with Crippen molar-refractivity contribution < 1.29 is 12.8 Å². The van der Waals surface area contributed by atoms with E-state index in [2.05, 4.69) is 15.6 Å². The summed E-state index contributed by atoms with van der Waals surface area (Å²) in [4.78, 5) is 0. The molecule has 0 unspecified atom stereocenters. The number of halogens is 2. The van der Waals surface area contributed by atoms with Crippen LogP contribution in [0.15, 0.2) is 24.4 Å². The first-order valence-electron chi connectivity index (χ1n) is 7.03. The van der Waals surface area contributed by atoms with Crippen molar-refractivity contribution in [3.8, 4) is 5.69 Å². The maximum atomic E-state index is 13.1. The molecule has 2 aromatic rings. The molecule has 9 heteroatoms. The van der Waals surface area contributed by atoms with Crippen LogP contribution in [0.5, 0.6) is 0 Å². The molecule has 1 atom stereocenters. The molecular formula is C14H16ClFN4O2S. The van der Waals surface area contributed by atoms with Gasteiger partial charge in [0.25, 0.3) is 0 Å². The molecule has 0 aliphatic carbocycles. The third-order valence-corrected chi connectivity index (χ3v) is 7.22. The second-order valence-corrected chi connectivity index (χ2v) is 9.09. The van der Waals surface area contributed by atoms with Crippen molar-refractivity contribution in [3.63, 3.8) is 0 Å². The Balaban J connectivity index is 1.69. The summed E-state index contributed by atoms with van der Waals surface area (Å²) >= 11 is 5.99. The quantitative estimate of drug-likeness (QED) is 0.900. The van der Waals surface area contributed by atoms with Crippen LogP contribution in [0.1, 0.15) is 19.5 Å². The van der Waals surface area contributed by atoms with Gasteiger partial charge in [-0.15, -0.1) is 5.10 Å². The summed E-state index contributed by atoms with van der Waals surface area (Å²) in [5.74, 6) is -0.299. The highest BCUT2D eigenvalue weighted by atomic mass is 35.5. The van der Waals surface area contributed by atoms with Crippen LogP contribution in [0.2, 0.25) is 5.02 Å². The lowest BCUT2D eigenvalue weighted by atomic mass is 10.0. The monoisotopic (exact) mass is 358 g/mol. The Kier molecular flexibility index (Phi) is 3.94. The van der Waals surface area contributed by atoms with Gasteiger partial charge in [-0.2, -0.15) is 0 Å². The zero-order valence-electron chi connectivity index (χ0n) is 12.6. The van der Waals surface area contributed by atoms with Gasteiger partial charge in [0, 0.05) is 12.6 Å². The van der Waals surface area contributed by atoms with E-state index in [0.29, 0.717) is 17.9 Å². The average molecular weight is 359 g/mol. The third-order valence-electron chi connectivity index (χ3n) is 4.25. The first-order valence-corrected chi connectivity index (χ1v) is 9.06. The third kappa shape index (κ3) is 2.86. The zero-order valence-corrected chi connectivity index (χ0v) is 14.2. The molecule has 1 aromatic heterocycles. The molecule has 124 valence electrons. The molecule has 1 aromatic carbocycles. The molecule has 0 spiro atoms.